The van der Waals surface area contributed by atoms with E-state index < -0.39 is 36.1 Å². The fourth-order valence-electron chi connectivity index (χ4n) is 1.61. The molecule has 3 N–H and O–H groups in total. The molecule has 1 amide bonds. The predicted octanol–water partition coefficient (Wildman–Crippen LogP) is 2.05. The molecule has 1 rings (SSSR count). The van der Waals surface area contributed by atoms with E-state index in [2.05, 4.69) is 5.32 Å². The molecule has 1 aromatic carbocycles. The van der Waals surface area contributed by atoms with Crippen LogP contribution in [-0.2, 0) is 9.59 Å². The second kappa shape index (κ2) is 8.32. The minimum atomic E-state index is -2.73. The van der Waals surface area contributed by atoms with E-state index in [1.807, 2.05) is 0 Å². The molecule has 0 aliphatic rings. The van der Waals surface area contributed by atoms with E-state index in [1.165, 1.54) is 24.3 Å². The molecule has 0 bridgehead atoms. The molecule has 0 saturated heterocycles. The number of aliphatic carboxylic acids is 2. The average molecular weight is 333 g/mol. The van der Waals surface area contributed by atoms with Crippen molar-refractivity contribution in [2.24, 2.45) is 0 Å². The van der Waals surface area contributed by atoms with Crippen molar-refractivity contribution in [3.8, 4) is 0 Å². The van der Waals surface area contributed by atoms with Crippen molar-refractivity contribution in [1.82, 2.24) is 5.32 Å². The third-order valence-electron chi connectivity index (χ3n) is 2.60. The fraction of sp³-hybridized carbons (Fsp3) is 0.308. The highest BCUT2D eigenvalue weighted by atomic mass is 32.2. The zero-order valence-electron chi connectivity index (χ0n) is 11.2. The van der Waals surface area contributed by atoms with E-state index in [-0.39, 0.29) is 28.6 Å². The minimum absolute atomic E-state index is 0.0115. The monoisotopic (exact) mass is 333 g/mol. The van der Waals surface area contributed by atoms with Gasteiger partial charge in [-0.05, 0) is 18.6 Å². The third-order valence-corrected chi connectivity index (χ3v) is 3.39. The molecule has 1 atom stereocenters. The molecule has 120 valence electrons. The summed E-state index contributed by atoms with van der Waals surface area (Å²) in [4.78, 5) is 33.5. The number of hydrogen-bond acceptors (Lipinski definition) is 4. The first kappa shape index (κ1) is 17.9. The highest BCUT2D eigenvalue weighted by molar-refractivity contribution is 7.99. The van der Waals surface area contributed by atoms with Gasteiger partial charge >= 0.3 is 11.9 Å². The molecule has 0 unspecified atom stereocenters. The number of rotatable bonds is 8. The molecule has 22 heavy (non-hydrogen) atoms. The summed E-state index contributed by atoms with van der Waals surface area (Å²) in [7, 11) is 0. The number of alkyl halides is 2. The van der Waals surface area contributed by atoms with Gasteiger partial charge in [-0.25, -0.2) is 4.79 Å². The zero-order chi connectivity index (χ0) is 16.7. The van der Waals surface area contributed by atoms with E-state index in [1.54, 1.807) is 0 Å². The summed E-state index contributed by atoms with van der Waals surface area (Å²) in [6.07, 6.45) is -0.745. The quantitative estimate of drug-likeness (QED) is 0.629. The van der Waals surface area contributed by atoms with Crippen molar-refractivity contribution in [3.63, 3.8) is 0 Å². The van der Waals surface area contributed by atoms with Crippen molar-refractivity contribution in [2.75, 3.05) is 0 Å². The Balaban J connectivity index is 2.86. The van der Waals surface area contributed by atoms with Crippen LogP contribution in [0.5, 0.6) is 0 Å². The van der Waals surface area contributed by atoms with Gasteiger partial charge in [-0.1, -0.05) is 23.9 Å². The number of carbonyl (C=O) groups excluding carboxylic acids is 1. The Hall–Kier alpha value is -2.16. The lowest BCUT2D eigenvalue weighted by atomic mass is 10.1. The van der Waals surface area contributed by atoms with Crippen LogP contribution in [0, 0.1) is 0 Å². The Bertz CT molecular complexity index is 567. The van der Waals surface area contributed by atoms with E-state index in [9.17, 15) is 23.2 Å². The maximum atomic E-state index is 12.4. The molecular weight excluding hydrogens is 320 g/mol. The zero-order valence-corrected chi connectivity index (χ0v) is 12.0. The van der Waals surface area contributed by atoms with E-state index in [0.29, 0.717) is 0 Å². The van der Waals surface area contributed by atoms with Crippen LogP contribution >= 0.6 is 11.8 Å². The summed E-state index contributed by atoms with van der Waals surface area (Å²) in [6.45, 7) is 0. The Morgan fingerprint density at radius 2 is 1.82 bits per heavy atom. The number of hydrogen-bond donors (Lipinski definition) is 3. The molecule has 9 heteroatoms. The summed E-state index contributed by atoms with van der Waals surface area (Å²) in [5.74, 6) is -6.17. The summed E-state index contributed by atoms with van der Waals surface area (Å²) in [6, 6.07) is 4.13. The molecule has 0 fully saturated rings. The van der Waals surface area contributed by atoms with Crippen LogP contribution in [0.15, 0.2) is 29.2 Å². The Labute approximate surface area is 128 Å². The first-order valence-corrected chi connectivity index (χ1v) is 6.98. The molecule has 1 aromatic rings. The fourth-order valence-corrected chi connectivity index (χ4v) is 2.25. The number of benzene rings is 1. The van der Waals surface area contributed by atoms with Gasteiger partial charge in [-0.2, -0.15) is 8.78 Å². The number of nitrogens with one attached hydrogen (secondary N) is 1. The van der Waals surface area contributed by atoms with Crippen molar-refractivity contribution >= 4 is 29.6 Å². The summed E-state index contributed by atoms with van der Waals surface area (Å²) in [5, 5.41) is 19.7. The molecular formula is C13H13F2NO5S. The summed E-state index contributed by atoms with van der Waals surface area (Å²) in [5.41, 5.74) is -0.0885. The van der Waals surface area contributed by atoms with Crippen LogP contribution in [0.25, 0.3) is 0 Å². The number of thioether (sulfide) groups is 1. The van der Waals surface area contributed by atoms with Crippen molar-refractivity contribution in [1.29, 1.82) is 0 Å². The Morgan fingerprint density at radius 3 is 2.36 bits per heavy atom. The van der Waals surface area contributed by atoms with Gasteiger partial charge in [-0.15, -0.1) is 0 Å². The minimum Gasteiger partial charge on any atom is -0.481 e. The molecule has 0 heterocycles. The second-order valence-electron chi connectivity index (χ2n) is 4.17. The normalized spacial score (nSPS) is 12.0. The van der Waals surface area contributed by atoms with Crippen LogP contribution < -0.4 is 5.32 Å². The smallest absolute Gasteiger partial charge is 0.326 e. The first-order valence-electron chi connectivity index (χ1n) is 6.10. The van der Waals surface area contributed by atoms with Gasteiger partial charge in [0.05, 0.1) is 5.56 Å². The largest absolute Gasteiger partial charge is 0.481 e. The third kappa shape index (κ3) is 5.68. The van der Waals surface area contributed by atoms with Gasteiger partial charge in [-0.3, -0.25) is 9.59 Å². The van der Waals surface area contributed by atoms with E-state index in [0.717, 1.165) is 0 Å². The maximum absolute atomic E-state index is 12.4. The lowest BCUT2D eigenvalue weighted by Gasteiger charge is -2.15. The molecule has 0 aliphatic heterocycles. The Morgan fingerprint density at radius 1 is 1.18 bits per heavy atom. The van der Waals surface area contributed by atoms with Crippen LogP contribution in [0.3, 0.4) is 0 Å². The van der Waals surface area contributed by atoms with Gasteiger partial charge in [0.15, 0.2) is 0 Å². The van der Waals surface area contributed by atoms with Gasteiger partial charge in [0, 0.05) is 11.3 Å². The second-order valence-corrected chi connectivity index (χ2v) is 5.20. The molecule has 0 aromatic heterocycles. The van der Waals surface area contributed by atoms with Crippen LogP contribution in [0.4, 0.5) is 8.78 Å². The lowest BCUT2D eigenvalue weighted by Crippen LogP contribution is -2.41. The molecule has 0 radical (unpaired) electrons. The number of carbonyl (C=O) groups is 3. The SMILES string of the molecule is O=C(O)CC[C@@H](NC(=O)c1ccccc1SC(F)F)C(=O)O. The van der Waals surface area contributed by atoms with Crippen molar-refractivity contribution < 1.29 is 33.4 Å². The average Bonchev–Trinajstić information content (AvgIpc) is 2.42. The van der Waals surface area contributed by atoms with Gasteiger partial charge in [0.1, 0.15) is 6.04 Å². The topological polar surface area (TPSA) is 104 Å². The molecule has 0 spiro atoms. The van der Waals surface area contributed by atoms with Gasteiger partial charge < -0.3 is 15.5 Å². The maximum Gasteiger partial charge on any atom is 0.326 e. The van der Waals surface area contributed by atoms with Crippen molar-refractivity contribution in [2.45, 2.75) is 29.5 Å². The standard InChI is InChI=1S/C13H13F2NO5S/c14-13(15)22-9-4-2-1-3-7(9)11(19)16-8(12(20)21)5-6-10(17)18/h1-4,8,13H,5-6H2,(H,16,19)(H,17,18)(H,20,21)/t8-/m1/s1. The lowest BCUT2D eigenvalue weighted by molar-refractivity contribution is -0.140. The highest BCUT2D eigenvalue weighted by Crippen LogP contribution is 2.28. The molecule has 0 aliphatic carbocycles. The Kier molecular flexibility index (Phi) is 6.77. The van der Waals surface area contributed by atoms with E-state index >= 15 is 0 Å². The summed E-state index contributed by atoms with van der Waals surface area (Å²) < 4.78 is 24.9. The summed E-state index contributed by atoms with van der Waals surface area (Å²) >= 11 is 0.171. The van der Waals surface area contributed by atoms with Gasteiger partial charge in [0.25, 0.3) is 11.7 Å². The first-order chi connectivity index (χ1) is 10.3. The van der Waals surface area contributed by atoms with Crippen LogP contribution in [-0.4, -0.2) is 39.9 Å². The predicted molar refractivity (Wildman–Crippen MR) is 74.1 cm³/mol. The number of carboxylic acid groups (broad SMARTS) is 2. The number of amides is 1. The number of carboxylic acids is 2. The van der Waals surface area contributed by atoms with Crippen LogP contribution in [0.1, 0.15) is 23.2 Å². The molecule has 0 saturated carbocycles. The number of halogens is 2. The highest BCUT2D eigenvalue weighted by Gasteiger charge is 2.23. The molecule has 6 nitrogen and oxygen atoms in total. The van der Waals surface area contributed by atoms with Crippen LogP contribution in [0.2, 0.25) is 0 Å². The van der Waals surface area contributed by atoms with Gasteiger partial charge in [0.2, 0.25) is 0 Å². The van der Waals surface area contributed by atoms with E-state index in [4.69, 9.17) is 10.2 Å². The van der Waals surface area contributed by atoms with Crippen molar-refractivity contribution in [3.05, 3.63) is 29.8 Å².